The van der Waals surface area contributed by atoms with Gasteiger partial charge in [-0.15, -0.1) is 0 Å². The highest BCUT2D eigenvalue weighted by molar-refractivity contribution is 7.92. The first-order valence-corrected chi connectivity index (χ1v) is 9.08. The minimum Gasteiger partial charge on any atom is -0.482 e. The highest BCUT2D eigenvalue weighted by Crippen LogP contribution is 2.31. The maximum absolute atomic E-state index is 12.6. The van der Waals surface area contributed by atoms with Crippen LogP contribution in [0.15, 0.2) is 35.2 Å². The van der Waals surface area contributed by atoms with Crippen molar-refractivity contribution in [1.29, 1.82) is 0 Å². The van der Waals surface area contributed by atoms with E-state index in [1.165, 1.54) is 23.8 Å². The van der Waals surface area contributed by atoms with E-state index in [0.717, 1.165) is 25.0 Å². The van der Waals surface area contributed by atoms with Gasteiger partial charge >= 0.3 is 0 Å². The monoisotopic (exact) mass is 345 g/mol. The molecule has 0 bridgehead atoms. The fourth-order valence-corrected chi connectivity index (χ4v) is 3.91. The third-order valence-corrected chi connectivity index (χ3v) is 5.42. The first-order chi connectivity index (χ1) is 11.5. The van der Waals surface area contributed by atoms with Crippen LogP contribution >= 0.6 is 0 Å². The molecule has 0 spiro atoms. The molecule has 8 heteroatoms. The summed E-state index contributed by atoms with van der Waals surface area (Å²) in [5.74, 6) is 0.376. The van der Waals surface area contributed by atoms with Crippen molar-refractivity contribution in [3.63, 3.8) is 0 Å². The van der Waals surface area contributed by atoms with Gasteiger partial charge < -0.3 is 10.1 Å². The minimum atomic E-state index is -3.78. The number of aromatic nitrogens is 1. The summed E-state index contributed by atoms with van der Waals surface area (Å²) in [7, 11) is -3.78. The molecule has 0 radical (unpaired) electrons. The number of benzene rings is 1. The van der Waals surface area contributed by atoms with Gasteiger partial charge in [-0.05, 0) is 43.0 Å². The maximum Gasteiger partial charge on any atom is 0.263 e. The molecule has 1 aromatic heterocycles. The van der Waals surface area contributed by atoms with Crippen LogP contribution in [0.4, 0.5) is 11.5 Å². The lowest BCUT2D eigenvalue weighted by atomic mass is 10.2. The van der Waals surface area contributed by atoms with E-state index in [4.69, 9.17) is 4.74 Å². The third kappa shape index (κ3) is 2.69. The molecule has 1 aliphatic carbocycles. The Labute approximate surface area is 139 Å². The van der Waals surface area contributed by atoms with Crippen molar-refractivity contribution >= 4 is 27.4 Å². The van der Waals surface area contributed by atoms with Crippen molar-refractivity contribution in [2.24, 2.45) is 0 Å². The van der Waals surface area contributed by atoms with Crippen LogP contribution in [0.25, 0.3) is 0 Å². The molecule has 1 aliphatic heterocycles. The number of nitrogens with zero attached hydrogens (tertiary/aromatic N) is 1. The van der Waals surface area contributed by atoms with E-state index in [9.17, 15) is 13.2 Å². The minimum absolute atomic E-state index is 0.0553. The summed E-state index contributed by atoms with van der Waals surface area (Å²) in [5.41, 5.74) is 2.59. The van der Waals surface area contributed by atoms with Gasteiger partial charge in [0.15, 0.2) is 6.61 Å². The van der Waals surface area contributed by atoms with Crippen LogP contribution in [0, 0.1) is 0 Å². The lowest BCUT2D eigenvalue weighted by Gasteiger charge is -2.18. The van der Waals surface area contributed by atoms with Gasteiger partial charge in [0.25, 0.3) is 15.9 Å². The van der Waals surface area contributed by atoms with Crippen LogP contribution in [0.5, 0.6) is 5.75 Å². The topological polar surface area (TPSA) is 97.4 Å². The van der Waals surface area contributed by atoms with Gasteiger partial charge in [0.2, 0.25) is 0 Å². The molecule has 0 atom stereocenters. The molecule has 0 saturated carbocycles. The van der Waals surface area contributed by atoms with Crippen molar-refractivity contribution in [2.75, 3.05) is 16.6 Å². The molecule has 0 unspecified atom stereocenters. The van der Waals surface area contributed by atoms with Gasteiger partial charge in [0, 0.05) is 11.8 Å². The summed E-state index contributed by atoms with van der Waals surface area (Å²) in [5, 5.41) is 2.62. The third-order valence-electron chi connectivity index (χ3n) is 4.06. The summed E-state index contributed by atoms with van der Waals surface area (Å²) < 4.78 is 32.9. The molecule has 7 nitrogen and oxygen atoms in total. The smallest absolute Gasteiger partial charge is 0.263 e. The summed E-state index contributed by atoms with van der Waals surface area (Å²) in [6.07, 6.45) is 2.91. The Morgan fingerprint density at radius 3 is 2.92 bits per heavy atom. The van der Waals surface area contributed by atoms with E-state index in [1.807, 2.05) is 6.07 Å². The van der Waals surface area contributed by atoms with Crippen LogP contribution in [0.1, 0.15) is 17.7 Å². The molecule has 2 N–H and O–H groups in total. The predicted molar refractivity (Wildman–Crippen MR) is 87.6 cm³/mol. The Morgan fingerprint density at radius 2 is 2.04 bits per heavy atom. The van der Waals surface area contributed by atoms with E-state index < -0.39 is 10.0 Å². The summed E-state index contributed by atoms with van der Waals surface area (Å²) in [6.45, 7) is -0.129. The van der Waals surface area contributed by atoms with E-state index in [0.29, 0.717) is 17.3 Å². The van der Waals surface area contributed by atoms with Gasteiger partial charge in [-0.3, -0.25) is 9.52 Å². The largest absolute Gasteiger partial charge is 0.482 e. The average molecular weight is 345 g/mol. The SMILES string of the molecule is O=C1COc2cc(S(=O)(=O)Nc3ccc4c(n3)CCC4)ccc2N1. The number of rotatable bonds is 3. The van der Waals surface area contributed by atoms with Crippen LogP contribution in [0.3, 0.4) is 0 Å². The standard InChI is InChI=1S/C16H15N3O4S/c20-16-9-23-14-8-11(5-6-13(14)18-16)24(21,22)19-15-7-4-10-2-1-3-12(10)17-15/h4-8H,1-3,9H2,(H,17,19)(H,18,20). The second kappa shape index (κ2) is 5.48. The number of hydrogen-bond donors (Lipinski definition) is 2. The lowest BCUT2D eigenvalue weighted by molar-refractivity contribution is -0.118. The van der Waals surface area contributed by atoms with E-state index in [1.54, 1.807) is 6.07 Å². The van der Waals surface area contributed by atoms with Crippen LogP contribution in [-0.4, -0.2) is 25.9 Å². The van der Waals surface area contributed by atoms with Crippen LogP contribution in [0.2, 0.25) is 0 Å². The van der Waals surface area contributed by atoms with E-state index in [-0.39, 0.29) is 17.4 Å². The molecule has 1 aromatic carbocycles. The quantitative estimate of drug-likeness (QED) is 0.882. The first kappa shape index (κ1) is 14.9. The Balaban J connectivity index is 1.62. The molecule has 0 fully saturated rings. The van der Waals surface area contributed by atoms with Crippen molar-refractivity contribution in [3.05, 3.63) is 41.6 Å². The molecule has 24 heavy (non-hydrogen) atoms. The average Bonchev–Trinajstić information content (AvgIpc) is 3.01. The van der Waals surface area contributed by atoms with Crippen LogP contribution in [-0.2, 0) is 27.7 Å². The number of carbonyl (C=O) groups is 1. The fraction of sp³-hybridized carbons (Fsp3) is 0.250. The Kier molecular flexibility index (Phi) is 3.42. The van der Waals surface area contributed by atoms with E-state index in [2.05, 4.69) is 15.0 Å². The number of sulfonamides is 1. The molecular formula is C16H15N3O4S. The van der Waals surface area contributed by atoms with Crippen molar-refractivity contribution in [1.82, 2.24) is 4.98 Å². The Morgan fingerprint density at radius 1 is 1.17 bits per heavy atom. The zero-order chi connectivity index (χ0) is 16.7. The molecule has 124 valence electrons. The lowest BCUT2D eigenvalue weighted by Crippen LogP contribution is -2.25. The molecule has 0 saturated heterocycles. The molecule has 2 aromatic rings. The number of nitrogens with one attached hydrogen (secondary N) is 2. The van der Waals surface area contributed by atoms with Crippen molar-refractivity contribution in [3.8, 4) is 5.75 Å². The Bertz CT molecular complexity index is 940. The maximum atomic E-state index is 12.6. The van der Waals surface area contributed by atoms with Crippen LogP contribution < -0.4 is 14.8 Å². The molecule has 4 rings (SSSR count). The number of carbonyl (C=O) groups excluding carboxylic acids is 1. The predicted octanol–water partition coefficient (Wildman–Crippen LogP) is 1.70. The number of ether oxygens (including phenoxy) is 1. The number of aryl methyl sites for hydroxylation is 2. The first-order valence-electron chi connectivity index (χ1n) is 7.60. The zero-order valence-corrected chi connectivity index (χ0v) is 13.5. The molecular weight excluding hydrogens is 330 g/mol. The highest BCUT2D eigenvalue weighted by atomic mass is 32.2. The zero-order valence-electron chi connectivity index (χ0n) is 12.7. The summed E-state index contributed by atoms with van der Waals surface area (Å²) in [6, 6.07) is 7.92. The van der Waals surface area contributed by atoms with Crippen molar-refractivity contribution < 1.29 is 17.9 Å². The fourth-order valence-electron chi connectivity index (χ4n) is 2.90. The van der Waals surface area contributed by atoms with Gasteiger partial charge in [-0.1, -0.05) is 6.07 Å². The van der Waals surface area contributed by atoms with Crippen molar-refractivity contribution in [2.45, 2.75) is 24.2 Å². The molecule has 1 amide bonds. The number of anilines is 2. The number of pyridine rings is 1. The highest BCUT2D eigenvalue weighted by Gasteiger charge is 2.22. The number of amides is 1. The molecule has 2 aliphatic rings. The number of fused-ring (bicyclic) bond motifs is 2. The van der Waals surface area contributed by atoms with Gasteiger partial charge in [-0.2, -0.15) is 0 Å². The van der Waals surface area contributed by atoms with E-state index >= 15 is 0 Å². The number of hydrogen-bond acceptors (Lipinski definition) is 5. The summed E-state index contributed by atoms with van der Waals surface area (Å²) >= 11 is 0. The van der Waals surface area contributed by atoms with Gasteiger partial charge in [0.1, 0.15) is 11.6 Å². The summed E-state index contributed by atoms with van der Waals surface area (Å²) in [4.78, 5) is 15.7. The normalized spacial score (nSPS) is 15.9. The Hall–Kier alpha value is -2.61. The second-order valence-electron chi connectivity index (χ2n) is 5.76. The molecule has 2 heterocycles. The second-order valence-corrected chi connectivity index (χ2v) is 7.44. The van der Waals surface area contributed by atoms with Gasteiger partial charge in [-0.25, -0.2) is 13.4 Å². The van der Waals surface area contributed by atoms with Gasteiger partial charge in [0.05, 0.1) is 10.6 Å².